The van der Waals surface area contributed by atoms with Crippen LogP contribution < -0.4 is 5.32 Å². The normalized spacial score (nSPS) is 12.9. The highest BCUT2D eigenvalue weighted by atomic mass is 16.5. The highest BCUT2D eigenvalue weighted by Crippen LogP contribution is 2.17. The van der Waals surface area contributed by atoms with E-state index in [9.17, 15) is 14.4 Å². The van der Waals surface area contributed by atoms with E-state index in [0.29, 0.717) is 12.8 Å². The summed E-state index contributed by atoms with van der Waals surface area (Å²) in [4.78, 5) is 34.8. The van der Waals surface area contributed by atoms with Crippen LogP contribution in [0.15, 0.2) is 72.9 Å². The van der Waals surface area contributed by atoms with Crippen LogP contribution in [-0.4, -0.2) is 35.6 Å². The van der Waals surface area contributed by atoms with Crippen LogP contribution in [0, 0.1) is 0 Å². The van der Waals surface area contributed by atoms with Gasteiger partial charge in [0.05, 0.1) is 6.42 Å². The van der Waals surface area contributed by atoms with Gasteiger partial charge in [-0.3, -0.25) is 14.4 Å². The highest BCUT2D eigenvalue weighted by molar-refractivity contribution is 5.80. The number of hydrogen-bond donors (Lipinski definition) is 2. The molecule has 1 unspecified atom stereocenters. The van der Waals surface area contributed by atoms with E-state index >= 15 is 0 Å². The van der Waals surface area contributed by atoms with Gasteiger partial charge in [0.2, 0.25) is 5.91 Å². The lowest BCUT2D eigenvalue weighted by Gasteiger charge is -2.17. The van der Waals surface area contributed by atoms with Crippen molar-refractivity contribution in [1.82, 2.24) is 5.32 Å². The van der Waals surface area contributed by atoms with Crippen molar-refractivity contribution in [3.05, 3.63) is 72.9 Å². The standard InChI is InChI=1S/C42H69NO5/c1-3-5-7-9-11-13-15-16-17-18-20-22-24-29-33-37-42(47)48-39(34-30-26-23-21-19-14-12-10-8-6-4-2)35-31-27-25-28-32-36-40(44)43-38-41(45)46/h5,7,11,13,16-17,20-23,29,33,39H,3-4,6,8-10,12,14-15,18-19,24-28,30-32,34-38H2,1-2H3,(H,43,44)(H,45,46)/b7-5-,13-11-,17-16-,22-20-,23-21-,33-29-. The molecule has 0 aromatic carbocycles. The smallest absolute Gasteiger partial charge is 0.322 e. The maximum absolute atomic E-state index is 12.6. The van der Waals surface area contributed by atoms with Crippen molar-refractivity contribution in [2.24, 2.45) is 0 Å². The number of amides is 1. The number of carboxylic acid groups (broad SMARTS) is 1. The zero-order valence-corrected chi connectivity index (χ0v) is 30.6. The van der Waals surface area contributed by atoms with Crippen molar-refractivity contribution in [3.8, 4) is 0 Å². The second kappa shape index (κ2) is 36.7. The Morgan fingerprint density at radius 3 is 1.69 bits per heavy atom. The van der Waals surface area contributed by atoms with Gasteiger partial charge in [0, 0.05) is 6.42 Å². The third-order valence-electron chi connectivity index (χ3n) is 7.89. The largest absolute Gasteiger partial charge is 0.480 e. The Labute approximate surface area is 294 Å². The summed E-state index contributed by atoms with van der Waals surface area (Å²) in [6, 6.07) is 0. The van der Waals surface area contributed by atoms with Crippen LogP contribution in [0.2, 0.25) is 0 Å². The van der Waals surface area contributed by atoms with Crippen molar-refractivity contribution in [3.63, 3.8) is 0 Å². The minimum absolute atomic E-state index is 0.0611. The van der Waals surface area contributed by atoms with Crippen molar-refractivity contribution in [2.75, 3.05) is 6.54 Å². The fraction of sp³-hybridized carbons (Fsp3) is 0.643. The van der Waals surface area contributed by atoms with E-state index in [-0.39, 0.29) is 24.5 Å². The molecular formula is C42H69NO5. The molecule has 0 aromatic rings. The van der Waals surface area contributed by atoms with Crippen LogP contribution in [0.5, 0.6) is 0 Å². The monoisotopic (exact) mass is 668 g/mol. The fourth-order valence-electron chi connectivity index (χ4n) is 5.12. The summed E-state index contributed by atoms with van der Waals surface area (Å²) in [6.07, 6.45) is 48.9. The van der Waals surface area contributed by atoms with Gasteiger partial charge in [0.15, 0.2) is 0 Å². The molecule has 0 bridgehead atoms. The number of carbonyl (C=O) groups excluding carboxylic acids is 2. The molecule has 0 saturated carbocycles. The van der Waals surface area contributed by atoms with E-state index in [1.165, 1.54) is 38.5 Å². The van der Waals surface area contributed by atoms with Gasteiger partial charge < -0.3 is 15.2 Å². The molecule has 0 aliphatic heterocycles. The Balaban J connectivity index is 4.40. The number of carbonyl (C=O) groups is 3. The molecule has 0 fully saturated rings. The minimum Gasteiger partial charge on any atom is -0.480 e. The van der Waals surface area contributed by atoms with Crippen molar-refractivity contribution in [2.45, 2.75) is 168 Å². The first-order valence-electron chi connectivity index (χ1n) is 19.1. The average molecular weight is 668 g/mol. The Morgan fingerprint density at radius 1 is 0.583 bits per heavy atom. The van der Waals surface area contributed by atoms with Gasteiger partial charge in [0.1, 0.15) is 12.6 Å². The molecule has 0 saturated heterocycles. The molecule has 0 radical (unpaired) electrons. The molecule has 0 aliphatic carbocycles. The Morgan fingerprint density at radius 2 is 1.08 bits per heavy atom. The molecule has 0 rings (SSSR count). The number of rotatable bonds is 33. The van der Waals surface area contributed by atoms with E-state index in [1.54, 1.807) is 0 Å². The Hall–Kier alpha value is -3.15. The van der Waals surface area contributed by atoms with Gasteiger partial charge in [-0.05, 0) is 83.5 Å². The predicted octanol–water partition coefficient (Wildman–Crippen LogP) is 11.4. The molecule has 6 nitrogen and oxygen atoms in total. The topological polar surface area (TPSA) is 92.7 Å². The molecule has 1 atom stereocenters. The molecule has 272 valence electrons. The number of allylic oxidation sites excluding steroid dienone is 11. The SMILES string of the molecule is CC/C=C\C/C=C\C/C=C\C/C=C\C/C=C\CC(=O)OC(CCC/C=C\CCCCCCCC)CCCCCCCC(=O)NCC(=O)O. The molecule has 0 heterocycles. The van der Waals surface area contributed by atoms with Gasteiger partial charge in [-0.1, -0.05) is 138 Å². The average Bonchev–Trinajstić information content (AvgIpc) is 3.07. The van der Waals surface area contributed by atoms with E-state index in [0.717, 1.165) is 96.3 Å². The number of carboxylic acids is 1. The van der Waals surface area contributed by atoms with Crippen molar-refractivity contribution < 1.29 is 24.2 Å². The zero-order valence-electron chi connectivity index (χ0n) is 30.6. The third kappa shape index (κ3) is 35.7. The summed E-state index contributed by atoms with van der Waals surface area (Å²) >= 11 is 0. The van der Waals surface area contributed by atoms with Crippen LogP contribution in [0.3, 0.4) is 0 Å². The van der Waals surface area contributed by atoms with Gasteiger partial charge >= 0.3 is 11.9 Å². The summed E-state index contributed by atoms with van der Waals surface area (Å²) < 4.78 is 5.92. The lowest BCUT2D eigenvalue weighted by molar-refractivity contribution is -0.148. The molecule has 48 heavy (non-hydrogen) atoms. The van der Waals surface area contributed by atoms with Gasteiger partial charge in [-0.15, -0.1) is 0 Å². The molecule has 6 heteroatoms. The molecular weight excluding hydrogens is 598 g/mol. The number of aliphatic carboxylic acids is 1. The lowest BCUT2D eigenvalue weighted by Crippen LogP contribution is -2.28. The van der Waals surface area contributed by atoms with Gasteiger partial charge in [-0.25, -0.2) is 0 Å². The number of hydrogen-bond acceptors (Lipinski definition) is 4. The number of ether oxygens (including phenoxy) is 1. The van der Waals surface area contributed by atoms with Crippen molar-refractivity contribution >= 4 is 17.8 Å². The first-order valence-corrected chi connectivity index (χ1v) is 19.1. The van der Waals surface area contributed by atoms with E-state index < -0.39 is 5.97 Å². The van der Waals surface area contributed by atoms with Gasteiger partial charge in [-0.2, -0.15) is 0 Å². The minimum atomic E-state index is -1.03. The number of esters is 1. The summed E-state index contributed by atoms with van der Waals surface area (Å²) in [6.45, 7) is 4.07. The second-order valence-electron chi connectivity index (χ2n) is 12.5. The summed E-state index contributed by atoms with van der Waals surface area (Å²) in [5.41, 5.74) is 0. The number of nitrogens with one attached hydrogen (secondary N) is 1. The van der Waals surface area contributed by atoms with E-state index in [1.807, 2.05) is 12.2 Å². The molecule has 0 spiro atoms. The van der Waals surface area contributed by atoms with Crippen LogP contribution in [-0.2, 0) is 19.1 Å². The maximum atomic E-state index is 12.6. The zero-order chi connectivity index (χ0) is 35.2. The quantitative estimate of drug-likeness (QED) is 0.0413. The second-order valence-corrected chi connectivity index (χ2v) is 12.5. The molecule has 0 aromatic heterocycles. The number of unbranched alkanes of at least 4 members (excludes halogenated alkanes) is 11. The summed E-state index contributed by atoms with van der Waals surface area (Å²) in [5, 5.41) is 11.1. The summed E-state index contributed by atoms with van der Waals surface area (Å²) in [7, 11) is 0. The predicted molar refractivity (Wildman–Crippen MR) is 203 cm³/mol. The van der Waals surface area contributed by atoms with E-state index in [2.05, 4.69) is 79.9 Å². The van der Waals surface area contributed by atoms with E-state index in [4.69, 9.17) is 9.84 Å². The Bertz CT molecular complexity index is 959. The Kier molecular flexibility index (Phi) is 34.3. The first kappa shape index (κ1) is 44.9. The maximum Gasteiger partial charge on any atom is 0.322 e. The summed E-state index contributed by atoms with van der Waals surface area (Å²) in [5.74, 6) is -1.40. The first-order chi connectivity index (χ1) is 23.5. The third-order valence-corrected chi connectivity index (χ3v) is 7.89. The van der Waals surface area contributed by atoms with Crippen LogP contribution >= 0.6 is 0 Å². The fourth-order valence-corrected chi connectivity index (χ4v) is 5.12. The van der Waals surface area contributed by atoms with Crippen LogP contribution in [0.1, 0.15) is 162 Å². The van der Waals surface area contributed by atoms with Crippen LogP contribution in [0.4, 0.5) is 0 Å². The van der Waals surface area contributed by atoms with Crippen molar-refractivity contribution in [1.29, 1.82) is 0 Å². The molecule has 1 amide bonds. The molecule has 2 N–H and O–H groups in total. The van der Waals surface area contributed by atoms with Gasteiger partial charge in [0.25, 0.3) is 0 Å². The molecule has 0 aliphatic rings. The van der Waals surface area contributed by atoms with Crippen LogP contribution in [0.25, 0.3) is 0 Å². The highest BCUT2D eigenvalue weighted by Gasteiger charge is 2.13. The lowest BCUT2D eigenvalue weighted by atomic mass is 10.0.